The highest BCUT2D eigenvalue weighted by Gasteiger charge is 2.09. The number of nitrogens with one attached hydrogen (secondary N) is 2. The molecule has 0 aromatic carbocycles. The van der Waals surface area contributed by atoms with Crippen molar-refractivity contribution in [2.45, 2.75) is 6.92 Å². The van der Waals surface area contributed by atoms with E-state index in [1.54, 1.807) is 23.9 Å². The minimum atomic E-state index is 0.181. The SMILES string of the molecule is Cc1cnc(Nc2nc(N)nc3nc[nH]c23)s1. The second-order valence-corrected chi connectivity index (χ2v) is 4.67. The van der Waals surface area contributed by atoms with Crippen LogP contribution >= 0.6 is 11.3 Å². The summed E-state index contributed by atoms with van der Waals surface area (Å²) in [5, 5.41) is 3.86. The second kappa shape index (κ2) is 3.67. The van der Waals surface area contributed by atoms with Gasteiger partial charge in [0.15, 0.2) is 16.6 Å². The highest BCUT2D eigenvalue weighted by Crippen LogP contribution is 2.24. The molecule has 0 amide bonds. The molecule has 8 heteroatoms. The molecule has 17 heavy (non-hydrogen) atoms. The summed E-state index contributed by atoms with van der Waals surface area (Å²) in [5.74, 6) is 0.764. The van der Waals surface area contributed by atoms with Crippen LogP contribution in [0.25, 0.3) is 11.2 Å². The minimum Gasteiger partial charge on any atom is -0.368 e. The van der Waals surface area contributed by atoms with E-state index in [9.17, 15) is 0 Å². The van der Waals surface area contributed by atoms with Gasteiger partial charge in [0.2, 0.25) is 5.95 Å². The lowest BCUT2D eigenvalue weighted by Gasteiger charge is -2.02. The van der Waals surface area contributed by atoms with Crippen molar-refractivity contribution in [2.24, 2.45) is 0 Å². The molecule has 0 saturated heterocycles. The molecule has 7 nitrogen and oxygen atoms in total. The number of hydrogen-bond acceptors (Lipinski definition) is 7. The van der Waals surface area contributed by atoms with E-state index in [4.69, 9.17) is 5.73 Å². The molecule has 3 aromatic rings. The Morgan fingerprint density at radius 3 is 3.00 bits per heavy atom. The molecule has 0 saturated carbocycles. The molecule has 0 unspecified atom stereocenters. The molecule has 0 aliphatic carbocycles. The average molecular weight is 247 g/mol. The number of aromatic amines is 1. The third kappa shape index (κ3) is 1.78. The molecule has 3 heterocycles. The van der Waals surface area contributed by atoms with Crippen molar-refractivity contribution in [3.8, 4) is 0 Å². The van der Waals surface area contributed by atoms with Gasteiger partial charge in [-0.2, -0.15) is 9.97 Å². The molecule has 0 radical (unpaired) electrons. The number of anilines is 3. The summed E-state index contributed by atoms with van der Waals surface area (Å²) < 4.78 is 0. The molecule has 0 aliphatic rings. The van der Waals surface area contributed by atoms with Gasteiger partial charge in [-0.25, -0.2) is 9.97 Å². The van der Waals surface area contributed by atoms with E-state index in [1.807, 2.05) is 6.92 Å². The fraction of sp³-hybridized carbons (Fsp3) is 0.111. The number of fused-ring (bicyclic) bond motifs is 1. The van der Waals surface area contributed by atoms with Crippen LogP contribution in [0.4, 0.5) is 16.9 Å². The molecule has 0 atom stereocenters. The van der Waals surface area contributed by atoms with Crippen LogP contribution in [0.5, 0.6) is 0 Å². The molecular formula is C9H9N7S. The Kier molecular flexibility index (Phi) is 2.15. The maximum absolute atomic E-state index is 5.61. The number of nitrogens with zero attached hydrogens (tertiary/aromatic N) is 4. The van der Waals surface area contributed by atoms with Gasteiger partial charge in [0.25, 0.3) is 0 Å². The van der Waals surface area contributed by atoms with E-state index in [1.165, 1.54) is 0 Å². The number of hydrogen-bond donors (Lipinski definition) is 3. The van der Waals surface area contributed by atoms with Crippen molar-refractivity contribution >= 4 is 39.4 Å². The number of nitrogen functional groups attached to an aromatic ring is 1. The first kappa shape index (κ1) is 9.97. The maximum Gasteiger partial charge on any atom is 0.224 e. The van der Waals surface area contributed by atoms with Crippen molar-refractivity contribution in [2.75, 3.05) is 11.1 Å². The van der Waals surface area contributed by atoms with Gasteiger partial charge in [-0.1, -0.05) is 0 Å². The molecule has 3 aromatic heterocycles. The van der Waals surface area contributed by atoms with Gasteiger partial charge in [0, 0.05) is 11.1 Å². The maximum atomic E-state index is 5.61. The van der Waals surface area contributed by atoms with Gasteiger partial charge >= 0.3 is 0 Å². The predicted molar refractivity (Wildman–Crippen MR) is 66.2 cm³/mol. The molecule has 3 rings (SSSR count). The van der Waals surface area contributed by atoms with Gasteiger partial charge in [-0.15, -0.1) is 11.3 Å². The van der Waals surface area contributed by atoms with Crippen LogP contribution in [-0.4, -0.2) is 24.9 Å². The van der Waals surface area contributed by atoms with E-state index >= 15 is 0 Å². The number of aryl methyl sites for hydroxylation is 1. The van der Waals surface area contributed by atoms with E-state index in [0.717, 1.165) is 10.0 Å². The normalized spacial score (nSPS) is 10.9. The average Bonchev–Trinajstić information content (AvgIpc) is 2.87. The standard InChI is InChI=1S/C9H9N7S/c1-4-2-11-9(17-4)16-7-5-6(13-3-12-5)14-8(10)15-7/h2-3H,1H3,(H4,10,11,12,13,14,15,16). The number of H-pyrrole nitrogens is 1. The number of aromatic nitrogens is 5. The van der Waals surface area contributed by atoms with Gasteiger partial charge in [0.1, 0.15) is 5.52 Å². The lowest BCUT2D eigenvalue weighted by atomic mass is 10.5. The first-order valence-electron chi connectivity index (χ1n) is 4.88. The number of imidazole rings is 1. The largest absolute Gasteiger partial charge is 0.368 e. The van der Waals surface area contributed by atoms with E-state index in [2.05, 4.69) is 30.2 Å². The minimum absolute atomic E-state index is 0.181. The lowest BCUT2D eigenvalue weighted by Crippen LogP contribution is -2.00. The first-order chi connectivity index (χ1) is 8.22. The van der Waals surface area contributed by atoms with Crippen molar-refractivity contribution in [3.63, 3.8) is 0 Å². The number of thiazole rings is 1. The lowest BCUT2D eigenvalue weighted by molar-refractivity contribution is 1.21. The third-order valence-corrected chi connectivity index (χ3v) is 2.98. The Balaban J connectivity index is 2.07. The van der Waals surface area contributed by atoms with Crippen LogP contribution in [-0.2, 0) is 0 Å². The zero-order chi connectivity index (χ0) is 11.8. The quantitative estimate of drug-likeness (QED) is 0.632. The molecule has 0 fully saturated rings. The highest BCUT2D eigenvalue weighted by atomic mass is 32.1. The van der Waals surface area contributed by atoms with Gasteiger partial charge in [0.05, 0.1) is 6.33 Å². The number of nitrogens with two attached hydrogens (primary N) is 1. The van der Waals surface area contributed by atoms with Crippen LogP contribution in [0.3, 0.4) is 0 Å². The second-order valence-electron chi connectivity index (χ2n) is 3.43. The van der Waals surface area contributed by atoms with Crippen LogP contribution in [0.1, 0.15) is 4.88 Å². The summed E-state index contributed by atoms with van der Waals surface area (Å²) in [6.07, 6.45) is 3.35. The molecule has 0 aliphatic heterocycles. The van der Waals surface area contributed by atoms with Crippen molar-refractivity contribution in [1.29, 1.82) is 0 Å². The first-order valence-corrected chi connectivity index (χ1v) is 5.70. The Labute approximate surface area is 100 Å². The smallest absolute Gasteiger partial charge is 0.224 e. The van der Waals surface area contributed by atoms with Crippen LogP contribution < -0.4 is 11.1 Å². The summed E-state index contributed by atoms with van der Waals surface area (Å²) in [5.41, 5.74) is 6.86. The summed E-state index contributed by atoms with van der Waals surface area (Å²) >= 11 is 1.54. The predicted octanol–water partition coefficient (Wildman–Crippen LogP) is 1.44. The Morgan fingerprint density at radius 2 is 2.24 bits per heavy atom. The topological polar surface area (TPSA) is 105 Å². The van der Waals surface area contributed by atoms with Gasteiger partial charge < -0.3 is 16.0 Å². The van der Waals surface area contributed by atoms with Crippen LogP contribution in [0.2, 0.25) is 0 Å². The Hall–Kier alpha value is -2.22. The van der Waals surface area contributed by atoms with Gasteiger partial charge in [-0.3, -0.25) is 0 Å². The van der Waals surface area contributed by atoms with E-state index < -0.39 is 0 Å². The fourth-order valence-electron chi connectivity index (χ4n) is 1.45. The monoisotopic (exact) mass is 247 g/mol. The van der Waals surface area contributed by atoms with E-state index in [0.29, 0.717) is 17.0 Å². The molecule has 86 valence electrons. The van der Waals surface area contributed by atoms with Crippen LogP contribution in [0.15, 0.2) is 12.5 Å². The van der Waals surface area contributed by atoms with Crippen molar-refractivity contribution in [1.82, 2.24) is 24.9 Å². The summed E-state index contributed by atoms with van der Waals surface area (Å²) in [6, 6.07) is 0. The van der Waals surface area contributed by atoms with Gasteiger partial charge in [-0.05, 0) is 6.92 Å². The Bertz CT molecular complexity index is 671. The zero-order valence-electron chi connectivity index (χ0n) is 8.93. The van der Waals surface area contributed by atoms with Crippen molar-refractivity contribution in [3.05, 3.63) is 17.4 Å². The fourth-order valence-corrected chi connectivity index (χ4v) is 2.12. The van der Waals surface area contributed by atoms with Crippen LogP contribution in [0, 0.1) is 6.92 Å². The van der Waals surface area contributed by atoms with Crippen molar-refractivity contribution < 1.29 is 0 Å². The molecule has 0 spiro atoms. The number of rotatable bonds is 2. The zero-order valence-corrected chi connectivity index (χ0v) is 9.75. The molecular weight excluding hydrogens is 238 g/mol. The molecule has 4 N–H and O–H groups in total. The third-order valence-electron chi connectivity index (χ3n) is 2.15. The summed E-state index contributed by atoms with van der Waals surface area (Å²) in [7, 11) is 0. The van der Waals surface area contributed by atoms with E-state index in [-0.39, 0.29) is 5.95 Å². The molecule has 0 bridgehead atoms. The Morgan fingerprint density at radius 1 is 1.35 bits per heavy atom. The highest BCUT2D eigenvalue weighted by molar-refractivity contribution is 7.15. The summed E-state index contributed by atoms with van der Waals surface area (Å²) in [4.78, 5) is 20.5. The summed E-state index contributed by atoms with van der Waals surface area (Å²) in [6.45, 7) is 1.99.